The first-order valence-electron chi connectivity index (χ1n) is 9.92. The smallest absolute Gasteiger partial charge is 0.258 e. The number of carbonyl (C=O) groups excluding carboxylic acids is 1. The van der Waals surface area contributed by atoms with Gasteiger partial charge < -0.3 is 15.0 Å². The molecule has 1 aliphatic heterocycles. The Hall–Kier alpha value is -1.85. The molecule has 4 nitrogen and oxygen atoms in total. The second-order valence-corrected chi connectivity index (χ2v) is 8.70. The maximum atomic E-state index is 12.4. The molecule has 1 aromatic heterocycles. The molecular formula is C22H31N2O2S+. The molecule has 1 fully saturated rings. The zero-order chi connectivity index (χ0) is 19.2. The van der Waals surface area contributed by atoms with Gasteiger partial charge in [-0.2, -0.15) is 0 Å². The summed E-state index contributed by atoms with van der Waals surface area (Å²) in [5.41, 5.74) is 2.29. The van der Waals surface area contributed by atoms with E-state index < -0.39 is 0 Å². The molecule has 0 unspecified atom stereocenters. The molecule has 0 aliphatic carbocycles. The quantitative estimate of drug-likeness (QED) is 0.731. The van der Waals surface area contributed by atoms with Gasteiger partial charge in [0, 0.05) is 12.8 Å². The van der Waals surface area contributed by atoms with Gasteiger partial charge in [-0.1, -0.05) is 32.0 Å². The normalized spacial score (nSPS) is 15.9. The van der Waals surface area contributed by atoms with Crippen LogP contribution in [0.15, 0.2) is 35.7 Å². The van der Waals surface area contributed by atoms with Crippen LogP contribution < -0.4 is 15.0 Å². The predicted molar refractivity (Wildman–Crippen MR) is 111 cm³/mol. The average molecular weight is 388 g/mol. The van der Waals surface area contributed by atoms with Crippen LogP contribution in [0.1, 0.15) is 54.7 Å². The molecular weight excluding hydrogens is 356 g/mol. The molecule has 0 radical (unpaired) electrons. The number of rotatable bonds is 8. The summed E-state index contributed by atoms with van der Waals surface area (Å²) in [6, 6.07) is 10.8. The number of benzene rings is 1. The fraction of sp³-hybridized carbons (Fsp3) is 0.500. The Morgan fingerprint density at radius 1 is 1.26 bits per heavy atom. The predicted octanol–water partition coefficient (Wildman–Crippen LogP) is 3.09. The van der Waals surface area contributed by atoms with E-state index in [9.17, 15) is 4.79 Å². The van der Waals surface area contributed by atoms with Crippen LogP contribution >= 0.6 is 11.3 Å². The molecule has 1 atom stereocenters. The van der Waals surface area contributed by atoms with Crippen LogP contribution in [0.3, 0.4) is 0 Å². The highest BCUT2D eigenvalue weighted by atomic mass is 32.1. The van der Waals surface area contributed by atoms with Crippen molar-refractivity contribution in [2.75, 3.05) is 26.2 Å². The van der Waals surface area contributed by atoms with Crippen LogP contribution in [0, 0.1) is 6.92 Å². The van der Waals surface area contributed by atoms with Crippen molar-refractivity contribution in [3.05, 3.63) is 51.7 Å². The van der Waals surface area contributed by atoms with E-state index in [4.69, 9.17) is 4.74 Å². The number of quaternary nitrogens is 1. The molecule has 1 aromatic carbocycles. The van der Waals surface area contributed by atoms with Crippen molar-refractivity contribution in [2.45, 2.75) is 45.6 Å². The zero-order valence-electron chi connectivity index (χ0n) is 16.6. The van der Waals surface area contributed by atoms with E-state index in [1.165, 1.54) is 30.8 Å². The summed E-state index contributed by atoms with van der Waals surface area (Å²) >= 11 is 1.78. The van der Waals surface area contributed by atoms with Crippen LogP contribution in [0.4, 0.5) is 0 Å². The maximum Gasteiger partial charge on any atom is 0.258 e. The van der Waals surface area contributed by atoms with Crippen molar-refractivity contribution in [1.82, 2.24) is 5.32 Å². The summed E-state index contributed by atoms with van der Waals surface area (Å²) in [5.74, 6) is 1.14. The first-order chi connectivity index (χ1) is 13.0. The Bertz CT molecular complexity index is 737. The van der Waals surface area contributed by atoms with Gasteiger partial charge in [0.2, 0.25) is 0 Å². The first kappa shape index (κ1) is 19.9. The Morgan fingerprint density at radius 3 is 2.70 bits per heavy atom. The molecule has 5 heteroatoms. The highest BCUT2D eigenvalue weighted by Gasteiger charge is 2.28. The molecule has 1 aliphatic rings. The third kappa shape index (κ3) is 5.33. The van der Waals surface area contributed by atoms with E-state index in [1.54, 1.807) is 16.2 Å². The van der Waals surface area contributed by atoms with Gasteiger partial charge in [0.25, 0.3) is 5.91 Å². The molecule has 2 aromatic rings. The monoisotopic (exact) mass is 387 g/mol. The van der Waals surface area contributed by atoms with Gasteiger partial charge in [0.1, 0.15) is 11.8 Å². The van der Waals surface area contributed by atoms with Gasteiger partial charge in [-0.15, -0.1) is 11.3 Å². The van der Waals surface area contributed by atoms with Crippen LogP contribution in [-0.4, -0.2) is 32.1 Å². The van der Waals surface area contributed by atoms with Gasteiger partial charge in [-0.3, -0.25) is 4.79 Å². The second-order valence-electron chi connectivity index (χ2n) is 7.72. The number of carbonyl (C=O) groups is 1. The molecule has 0 saturated carbocycles. The van der Waals surface area contributed by atoms with Crippen molar-refractivity contribution in [1.29, 1.82) is 0 Å². The van der Waals surface area contributed by atoms with Crippen LogP contribution in [0.2, 0.25) is 0 Å². The van der Waals surface area contributed by atoms with Gasteiger partial charge in [0.15, 0.2) is 6.61 Å². The Balaban J connectivity index is 1.57. The van der Waals surface area contributed by atoms with Crippen molar-refractivity contribution < 1.29 is 14.4 Å². The Labute approximate surface area is 166 Å². The summed E-state index contributed by atoms with van der Waals surface area (Å²) in [7, 11) is 0. The average Bonchev–Trinajstić information content (AvgIpc) is 3.34. The highest BCUT2D eigenvalue weighted by Crippen LogP contribution is 2.27. The number of ether oxygens (including phenoxy) is 1. The van der Waals surface area contributed by atoms with E-state index in [2.05, 4.69) is 48.8 Å². The Morgan fingerprint density at radius 2 is 2.04 bits per heavy atom. The minimum absolute atomic E-state index is 0.0497. The number of nitrogens with one attached hydrogen (secondary N) is 2. The molecule has 1 saturated heterocycles. The lowest BCUT2D eigenvalue weighted by Gasteiger charge is -2.24. The van der Waals surface area contributed by atoms with Gasteiger partial charge in [-0.05, 0) is 41.5 Å². The fourth-order valence-corrected chi connectivity index (χ4v) is 4.65. The number of aryl methyl sites for hydroxylation is 1. The van der Waals surface area contributed by atoms with E-state index in [0.717, 1.165) is 16.9 Å². The number of amides is 1. The SMILES string of the molecule is Cc1ccc(C(C)C)c(OCC(=O)NC[C@H](c2cccs2)[NH+]2CCCC2)c1. The first-order valence-corrected chi connectivity index (χ1v) is 10.8. The van der Waals surface area contributed by atoms with Crippen LogP contribution in [0.5, 0.6) is 5.75 Å². The second kappa shape index (κ2) is 9.38. The van der Waals surface area contributed by atoms with Crippen molar-refractivity contribution in [3.63, 3.8) is 0 Å². The van der Waals surface area contributed by atoms with Crippen molar-refractivity contribution >= 4 is 17.2 Å². The number of likely N-dealkylation sites (tertiary alicyclic amines) is 1. The lowest BCUT2D eigenvalue weighted by atomic mass is 10.0. The van der Waals surface area contributed by atoms with Crippen molar-refractivity contribution in [3.8, 4) is 5.75 Å². The highest BCUT2D eigenvalue weighted by molar-refractivity contribution is 7.10. The molecule has 27 heavy (non-hydrogen) atoms. The summed E-state index contributed by atoms with van der Waals surface area (Å²) in [5, 5.41) is 5.22. The van der Waals surface area contributed by atoms with Gasteiger partial charge in [-0.25, -0.2) is 0 Å². The molecule has 2 heterocycles. The summed E-state index contributed by atoms with van der Waals surface area (Å²) < 4.78 is 5.87. The summed E-state index contributed by atoms with van der Waals surface area (Å²) in [4.78, 5) is 15.4. The molecule has 0 spiro atoms. The van der Waals surface area contributed by atoms with E-state index in [-0.39, 0.29) is 12.5 Å². The lowest BCUT2D eigenvalue weighted by molar-refractivity contribution is -0.918. The van der Waals surface area contributed by atoms with Crippen LogP contribution in [0.25, 0.3) is 0 Å². The van der Waals surface area contributed by atoms with Gasteiger partial charge in [0.05, 0.1) is 24.5 Å². The lowest BCUT2D eigenvalue weighted by Crippen LogP contribution is -3.11. The number of hydrogen-bond acceptors (Lipinski definition) is 3. The third-order valence-corrected chi connectivity index (χ3v) is 6.26. The largest absolute Gasteiger partial charge is 0.483 e. The van der Waals surface area contributed by atoms with E-state index in [0.29, 0.717) is 18.5 Å². The number of thiophene rings is 1. The van der Waals surface area contributed by atoms with Crippen LogP contribution in [-0.2, 0) is 4.79 Å². The zero-order valence-corrected chi connectivity index (χ0v) is 17.4. The minimum Gasteiger partial charge on any atom is -0.483 e. The Kier molecular flexibility index (Phi) is 6.91. The third-order valence-electron chi connectivity index (χ3n) is 5.28. The van der Waals surface area contributed by atoms with Gasteiger partial charge >= 0.3 is 0 Å². The van der Waals surface area contributed by atoms with E-state index in [1.807, 2.05) is 13.0 Å². The topological polar surface area (TPSA) is 42.8 Å². The number of hydrogen-bond donors (Lipinski definition) is 2. The minimum atomic E-state index is -0.0497. The standard InChI is InChI=1S/C22H30N2O2S/c1-16(2)18-9-8-17(3)13-20(18)26-15-22(25)23-14-19(21-7-6-12-27-21)24-10-4-5-11-24/h6-9,12-13,16,19H,4-5,10-11,14-15H2,1-3H3,(H,23,25)/p+1/t19-/m1/s1. The summed E-state index contributed by atoms with van der Waals surface area (Å²) in [6.45, 7) is 9.44. The fourth-order valence-electron chi connectivity index (χ4n) is 3.77. The summed E-state index contributed by atoms with van der Waals surface area (Å²) in [6.07, 6.45) is 2.55. The van der Waals surface area contributed by atoms with E-state index >= 15 is 0 Å². The molecule has 2 N–H and O–H groups in total. The maximum absolute atomic E-state index is 12.4. The molecule has 146 valence electrons. The molecule has 1 amide bonds. The molecule has 3 rings (SSSR count). The van der Waals surface area contributed by atoms with Crippen molar-refractivity contribution in [2.24, 2.45) is 0 Å². The molecule has 0 bridgehead atoms.